The van der Waals surface area contributed by atoms with Crippen molar-refractivity contribution < 1.29 is 28.7 Å². The number of nitrogens with zero attached hydrogens (tertiary/aromatic N) is 4. The van der Waals surface area contributed by atoms with Crippen molar-refractivity contribution in [2.75, 3.05) is 28.8 Å². The number of hydrogen-bond acceptors (Lipinski definition) is 14. The summed E-state index contributed by atoms with van der Waals surface area (Å²) in [6.07, 6.45) is 3.93. The molecule has 2 N–H and O–H groups in total. The average molecular weight is 809 g/mol. The molecule has 0 spiro atoms. The fraction of sp³-hybridized carbons (Fsp3) is 0.306. The summed E-state index contributed by atoms with van der Waals surface area (Å²) < 4.78 is 16.4. The standard InChI is InChI=1S/C36H36N6O6S5/c1-36(2,3)48-35(46)40-34-38-25(20-52-34)24(15-16-49-4)30(43)39-27-31(44)42-28(23(19-51-32(27)42)18-50-26-17-37-41-53-26)33(45)47-29(21-11-7-5-8-12-21)22-13-9-6-10-14-22/h5-15,17,20,27,29,32H,16,18-19H2,1-4H3,(H,39,43)(H,38,40,46)/b24-15-/t27-,32-/m1/s1. The predicted octanol–water partition coefficient (Wildman–Crippen LogP) is 6.87. The Bertz CT molecular complexity index is 1960. The van der Waals surface area contributed by atoms with Crippen molar-refractivity contribution in [2.24, 2.45) is 0 Å². The third-order valence-electron chi connectivity index (χ3n) is 7.77. The number of aromatic nitrogens is 3. The van der Waals surface area contributed by atoms with E-state index < -0.39 is 47.0 Å². The Kier molecular flexibility index (Phi) is 12.6. The van der Waals surface area contributed by atoms with Crippen LogP contribution in [0.2, 0.25) is 0 Å². The number of thiazole rings is 1. The molecule has 2 atom stereocenters. The summed E-state index contributed by atoms with van der Waals surface area (Å²) in [5.41, 5.74) is 2.42. The van der Waals surface area contributed by atoms with Gasteiger partial charge in [-0.25, -0.2) is 14.6 Å². The summed E-state index contributed by atoms with van der Waals surface area (Å²) in [4.78, 5) is 60.4. The number of β-lactam (4-membered cyclic amide) rings is 1. The zero-order valence-electron chi connectivity index (χ0n) is 29.1. The number of hydrogen-bond donors (Lipinski definition) is 2. The average Bonchev–Trinajstić information content (AvgIpc) is 3.84. The summed E-state index contributed by atoms with van der Waals surface area (Å²) in [7, 11) is 0. The first-order valence-corrected chi connectivity index (χ1v) is 21.4. The zero-order valence-corrected chi connectivity index (χ0v) is 33.2. The number of anilines is 1. The lowest BCUT2D eigenvalue weighted by Gasteiger charge is -2.50. The number of benzene rings is 2. The van der Waals surface area contributed by atoms with Crippen LogP contribution in [0, 0.1) is 0 Å². The van der Waals surface area contributed by atoms with Crippen LogP contribution in [0.15, 0.2) is 93.8 Å². The number of esters is 1. The van der Waals surface area contributed by atoms with Gasteiger partial charge >= 0.3 is 12.1 Å². The molecule has 0 aliphatic carbocycles. The molecule has 276 valence electrons. The van der Waals surface area contributed by atoms with Gasteiger partial charge in [-0.1, -0.05) is 71.2 Å². The fourth-order valence-electron chi connectivity index (χ4n) is 5.45. The van der Waals surface area contributed by atoms with Crippen molar-refractivity contribution in [3.05, 3.63) is 106 Å². The molecule has 2 aliphatic heterocycles. The number of rotatable bonds is 13. The smallest absolute Gasteiger partial charge is 0.413 e. The molecular weight excluding hydrogens is 773 g/mol. The minimum atomic E-state index is -0.898. The topological polar surface area (TPSA) is 153 Å². The van der Waals surface area contributed by atoms with Gasteiger partial charge in [-0.15, -0.1) is 40.0 Å². The van der Waals surface area contributed by atoms with Crippen molar-refractivity contribution in [1.29, 1.82) is 0 Å². The molecule has 2 aromatic carbocycles. The highest BCUT2D eigenvalue weighted by atomic mass is 32.2. The van der Waals surface area contributed by atoms with Crippen molar-refractivity contribution in [2.45, 2.75) is 48.1 Å². The van der Waals surface area contributed by atoms with Crippen LogP contribution in [0.4, 0.5) is 9.93 Å². The quantitative estimate of drug-likeness (QED) is 0.0628. The van der Waals surface area contributed by atoms with Crippen LogP contribution in [0.1, 0.15) is 43.7 Å². The normalized spacial score (nSPS) is 17.3. The number of carbonyl (C=O) groups is 4. The lowest BCUT2D eigenvalue weighted by molar-refractivity contribution is -0.154. The highest BCUT2D eigenvalue weighted by Gasteiger charge is 2.54. The summed E-state index contributed by atoms with van der Waals surface area (Å²) >= 11 is 6.87. The zero-order chi connectivity index (χ0) is 37.5. The summed E-state index contributed by atoms with van der Waals surface area (Å²) in [5.74, 6) is -0.176. The van der Waals surface area contributed by atoms with E-state index in [2.05, 4.69) is 25.2 Å². The Labute approximate surface area is 327 Å². The van der Waals surface area contributed by atoms with Gasteiger partial charge in [-0.05, 0) is 55.3 Å². The maximum absolute atomic E-state index is 14.3. The molecule has 1 saturated heterocycles. The Morgan fingerprint density at radius 3 is 2.40 bits per heavy atom. The van der Waals surface area contributed by atoms with Gasteiger partial charge in [0.15, 0.2) is 11.2 Å². The second kappa shape index (κ2) is 17.3. The molecule has 0 unspecified atom stereocenters. The van der Waals surface area contributed by atoms with Gasteiger partial charge in [0.1, 0.15) is 26.9 Å². The van der Waals surface area contributed by atoms with E-state index in [1.54, 1.807) is 38.4 Å². The van der Waals surface area contributed by atoms with Crippen LogP contribution in [0.25, 0.3) is 5.57 Å². The maximum Gasteiger partial charge on any atom is 0.413 e. The first-order valence-electron chi connectivity index (χ1n) is 16.4. The molecule has 1 fully saturated rings. The van der Waals surface area contributed by atoms with Crippen molar-refractivity contribution in [1.82, 2.24) is 24.8 Å². The lowest BCUT2D eigenvalue weighted by atomic mass is 10.0. The van der Waals surface area contributed by atoms with Crippen LogP contribution in [-0.4, -0.2) is 83.9 Å². The van der Waals surface area contributed by atoms with E-state index in [1.165, 1.54) is 51.7 Å². The molecule has 12 nitrogen and oxygen atoms in total. The molecule has 0 bridgehead atoms. The minimum absolute atomic E-state index is 0.182. The first-order chi connectivity index (χ1) is 25.5. The van der Waals surface area contributed by atoms with Gasteiger partial charge in [0.25, 0.3) is 11.8 Å². The predicted molar refractivity (Wildman–Crippen MR) is 212 cm³/mol. The highest BCUT2D eigenvalue weighted by molar-refractivity contribution is 8.02. The van der Waals surface area contributed by atoms with Crippen LogP contribution in [0.5, 0.6) is 0 Å². The second-order valence-corrected chi connectivity index (χ2v) is 17.6. The summed E-state index contributed by atoms with van der Waals surface area (Å²) in [6.45, 7) is 5.28. The van der Waals surface area contributed by atoms with Gasteiger partial charge in [-0.3, -0.25) is 19.8 Å². The van der Waals surface area contributed by atoms with Crippen molar-refractivity contribution >= 4 is 92.7 Å². The second-order valence-electron chi connectivity index (χ2n) is 12.7. The Morgan fingerprint density at radius 1 is 1.08 bits per heavy atom. The van der Waals surface area contributed by atoms with E-state index in [-0.39, 0.29) is 16.4 Å². The lowest BCUT2D eigenvalue weighted by Crippen LogP contribution is -2.70. The first kappa shape index (κ1) is 38.6. The molecule has 2 aromatic heterocycles. The minimum Gasteiger partial charge on any atom is -0.448 e. The summed E-state index contributed by atoms with van der Waals surface area (Å²) in [5, 5.41) is 10.8. The third kappa shape index (κ3) is 9.51. The molecule has 3 amide bonds. The molecule has 4 aromatic rings. The van der Waals surface area contributed by atoms with E-state index in [9.17, 15) is 19.2 Å². The number of carbonyl (C=O) groups excluding carboxylic acids is 4. The Morgan fingerprint density at radius 2 is 1.77 bits per heavy atom. The van der Waals surface area contributed by atoms with E-state index in [4.69, 9.17) is 9.47 Å². The van der Waals surface area contributed by atoms with Gasteiger partial charge in [0.2, 0.25) is 0 Å². The van der Waals surface area contributed by atoms with Gasteiger partial charge in [0.05, 0.1) is 17.5 Å². The molecule has 53 heavy (non-hydrogen) atoms. The largest absolute Gasteiger partial charge is 0.448 e. The molecule has 0 radical (unpaired) electrons. The molecule has 4 heterocycles. The van der Waals surface area contributed by atoms with Crippen LogP contribution < -0.4 is 10.6 Å². The van der Waals surface area contributed by atoms with Crippen molar-refractivity contribution in [3.63, 3.8) is 0 Å². The highest BCUT2D eigenvalue weighted by Crippen LogP contribution is 2.43. The van der Waals surface area contributed by atoms with E-state index in [0.29, 0.717) is 23.0 Å². The molecular formula is C36H36N6O6S5. The van der Waals surface area contributed by atoms with Crippen LogP contribution in [0.3, 0.4) is 0 Å². The molecule has 2 aliphatic rings. The number of ether oxygens (including phenoxy) is 2. The Balaban J connectivity index is 1.23. The number of nitrogens with one attached hydrogen (secondary N) is 2. The van der Waals surface area contributed by atoms with Gasteiger partial charge < -0.3 is 14.8 Å². The Hall–Kier alpha value is -4.16. The van der Waals surface area contributed by atoms with Crippen molar-refractivity contribution in [3.8, 4) is 0 Å². The third-order valence-corrected chi connectivity index (χ3v) is 12.3. The van der Waals surface area contributed by atoms with Gasteiger partial charge in [0, 0.05) is 22.6 Å². The van der Waals surface area contributed by atoms with E-state index in [1.807, 2.05) is 66.9 Å². The molecule has 0 saturated carbocycles. The van der Waals surface area contributed by atoms with Gasteiger partial charge in [-0.2, -0.15) is 11.8 Å². The number of thioether (sulfide) groups is 3. The SMILES string of the molecule is CSC/C=C(\C(=O)N[C@@H]1C(=O)N2C(C(=O)OC(c3ccccc3)c3ccccc3)=C(CSc3cnns3)CS[C@H]12)c1csc(NC(=O)OC(C)(C)C)n1. The number of fused-ring (bicyclic) bond motifs is 1. The fourth-order valence-corrected chi connectivity index (χ4v) is 9.39. The van der Waals surface area contributed by atoms with Crippen LogP contribution in [-0.2, 0) is 23.9 Å². The molecule has 6 rings (SSSR count). The monoisotopic (exact) mass is 808 g/mol. The summed E-state index contributed by atoms with van der Waals surface area (Å²) in [6, 6.07) is 18.0. The number of amides is 3. The maximum atomic E-state index is 14.3. The van der Waals surface area contributed by atoms with E-state index in [0.717, 1.165) is 32.2 Å². The van der Waals surface area contributed by atoms with Crippen LogP contribution >= 0.6 is 58.2 Å². The molecule has 17 heteroatoms. The van der Waals surface area contributed by atoms with E-state index >= 15 is 0 Å².